The fourth-order valence-corrected chi connectivity index (χ4v) is 3.77. The lowest BCUT2D eigenvalue weighted by Gasteiger charge is -2.13. The zero-order valence-electron chi connectivity index (χ0n) is 13.8. The van der Waals surface area contributed by atoms with Crippen LogP contribution in [0.4, 0.5) is 0 Å². The minimum Gasteiger partial charge on any atom is -0.385 e. The fourth-order valence-electron chi connectivity index (χ4n) is 2.49. The van der Waals surface area contributed by atoms with Crippen molar-refractivity contribution in [3.8, 4) is 0 Å². The molecule has 0 bridgehead atoms. The van der Waals surface area contributed by atoms with E-state index in [-0.39, 0.29) is 5.56 Å². The summed E-state index contributed by atoms with van der Waals surface area (Å²) in [5.74, 6) is 0.599. The molecule has 0 saturated heterocycles. The number of rotatable bonds is 7. The van der Waals surface area contributed by atoms with Crippen LogP contribution in [0.25, 0.3) is 10.9 Å². The van der Waals surface area contributed by atoms with Gasteiger partial charge in [-0.2, -0.15) is 0 Å². The molecule has 7 heteroatoms. The minimum atomic E-state index is -0.0264. The maximum absolute atomic E-state index is 12.9. The Balaban J connectivity index is 1.95. The second-order valence-electron chi connectivity index (χ2n) is 5.46. The highest BCUT2D eigenvalue weighted by molar-refractivity contribution is 7.98. The summed E-state index contributed by atoms with van der Waals surface area (Å²) in [4.78, 5) is 21.6. The molecule has 1 aromatic carbocycles. The number of halogens is 1. The van der Waals surface area contributed by atoms with Gasteiger partial charge in [-0.05, 0) is 30.2 Å². The van der Waals surface area contributed by atoms with E-state index in [4.69, 9.17) is 16.3 Å². The van der Waals surface area contributed by atoms with E-state index >= 15 is 0 Å². The molecule has 0 aliphatic rings. The number of fused-ring (bicyclic) bond motifs is 1. The van der Waals surface area contributed by atoms with Crippen molar-refractivity contribution in [1.82, 2.24) is 14.5 Å². The third-order valence-electron chi connectivity index (χ3n) is 3.75. The van der Waals surface area contributed by atoms with E-state index in [1.165, 1.54) is 11.8 Å². The Morgan fingerprint density at radius 3 is 2.88 bits per heavy atom. The van der Waals surface area contributed by atoms with Crippen molar-refractivity contribution in [3.05, 3.63) is 63.7 Å². The molecular formula is C18H18ClN3O2S. The first-order valence-electron chi connectivity index (χ1n) is 7.91. The standard InChI is InChI=1S/C18H18ClN3O2S/c1-24-11-5-10-22-17(23)14-7-2-3-8-15(14)21-18(22)25-12-13-6-4-9-20-16(13)19/h2-4,6-9H,5,10-12H2,1H3. The van der Waals surface area contributed by atoms with Crippen LogP contribution in [0.3, 0.4) is 0 Å². The lowest BCUT2D eigenvalue weighted by Crippen LogP contribution is -2.24. The number of aromatic nitrogens is 3. The third-order valence-corrected chi connectivity index (χ3v) is 5.12. The second-order valence-corrected chi connectivity index (χ2v) is 6.76. The monoisotopic (exact) mass is 375 g/mol. The van der Waals surface area contributed by atoms with Gasteiger partial charge in [0.2, 0.25) is 0 Å². The number of hydrogen-bond acceptors (Lipinski definition) is 5. The van der Waals surface area contributed by atoms with Gasteiger partial charge in [0.05, 0.1) is 10.9 Å². The van der Waals surface area contributed by atoms with Crippen LogP contribution in [0.1, 0.15) is 12.0 Å². The predicted molar refractivity (Wildman–Crippen MR) is 101 cm³/mol. The second kappa shape index (κ2) is 8.47. The van der Waals surface area contributed by atoms with Gasteiger partial charge in [0, 0.05) is 32.2 Å². The summed E-state index contributed by atoms with van der Waals surface area (Å²) in [6.07, 6.45) is 2.41. The molecule has 0 N–H and O–H groups in total. The van der Waals surface area contributed by atoms with Gasteiger partial charge in [0.1, 0.15) is 5.15 Å². The van der Waals surface area contributed by atoms with E-state index in [9.17, 15) is 4.79 Å². The van der Waals surface area contributed by atoms with Gasteiger partial charge < -0.3 is 4.74 Å². The average Bonchev–Trinajstić information content (AvgIpc) is 2.63. The predicted octanol–water partition coefficient (Wildman–Crippen LogP) is 3.77. The van der Waals surface area contributed by atoms with Crippen LogP contribution in [0.15, 0.2) is 52.5 Å². The Kier molecular flexibility index (Phi) is 6.07. The molecule has 3 aromatic rings. The van der Waals surface area contributed by atoms with E-state index in [0.29, 0.717) is 40.1 Å². The average molecular weight is 376 g/mol. The summed E-state index contributed by atoms with van der Waals surface area (Å²) in [5, 5.41) is 1.78. The Morgan fingerprint density at radius 2 is 2.08 bits per heavy atom. The molecule has 0 aliphatic heterocycles. The summed E-state index contributed by atoms with van der Waals surface area (Å²) in [5.41, 5.74) is 1.59. The fraction of sp³-hybridized carbons (Fsp3) is 0.278. The van der Waals surface area contributed by atoms with Crippen LogP contribution in [0, 0.1) is 0 Å². The van der Waals surface area contributed by atoms with Crippen molar-refractivity contribution in [2.45, 2.75) is 23.9 Å². The molecule has 5 nitrogen and oxygen atoms in total. The zero-order valence-corrected chi connectivity index (χ0v) is 15.4. The van der Waals surface area contributed by atoms with Gasteiger partial charge in [0.25, 0.3) is 5.56 Å². The number of pyridine rings is 1. The maximum Gasteiger partial charge on any atom is 0.262 e. The van der Waals surface area contributed by atoms with Crippen LogP contribution < -0.4 is 5.56 Å². The molecule has 2 aromatic heterocycles. The number of ether oxygens (including phenoxy) is 1. The van der Waals surface area contributed by atoms with E-state index in [0.717, 1.165) is 12.0 Å². The number of thioether (sulfide) groups is 1. The van der Waals surface area contributed by atoms with Crippen molar-refractivity contribution < 1.29 is 4.74 Å². The number of benzene rings is 1. The lowest BCUT2D eigenvalue weighted by molar-refractivity contribution is 0.189. The molecule has 0 amide bonds. The van der Waals surface area contributed by atoms with Gasteiger partial charge in [-0.1, -0.05) is 41.6 Å². The topological polar surface area (TPSA) is 57.0 Å². The third kappa shape index (κ3) is 4.21. The van der Waals surface area contributed by atoms with Gasteiger partial charge in [-0.3, -0.25) is 9.36 Å². The lowest BCUT2D eigenvalue weighted by atomic mass is 10.2. The summed E-state index contributed by atoms with van der Waals surface area (Å²) in [6.45, 7) is 1.16. The highest BCUT2D eigenvalue weighted by Crippen LogP contribution is 2.25. The van der Waals surface area contributed by atoms with Crippen LogP contribution >= 0.6 is 23.4 Å². The normalized spacial score (nSPS) is 11.1. The molecule has 3 rings (SSSR count). The summed E-state index contributed by atoms with van der Waals surface area (Å²) < 4.78 is 6.83. The van der Waals surface area contributed by atoms with E-state index < -0.39 is 0 Å². The van der Waals surface area contributed by atoms with Crippen molar-refractivity contribution in [1.29, 1.82) is 0 Å². The smallest absolute Gasteiger partial charge is 0.262 e. The van der Waals surface area contributed by atoms with Crippen molar-refractivity contribution >= 4 is 34.3 Å². The summed E-state index contributed by atoms with van der Waals surface area (Å²) >= 11 is 7.62. The van der Waals surface area contributed by atoms with Crippen molar-refractivity contribution in [3.63, 3.8) is 0 Å². The molecule has 0 spiro atoms. The first kappa shape index (κ1) is 17.9. The molecule has 0 aliphatic carbocycles. The van der Waals surface area contributed by atoms with Crippen LogP contribution in [-0.4, -0.2) is 28.3 Å². The first-order valence-corrected chi connectivity index (χ1v) is 9.28. The number of methoxy groups -OCH3 is 1. The Hall–Kier alpha value is -1.89. The van der Waals surface area contributed by atoms with Crippen molar-refractivity contribution in [2.24, 2.45) is 0 Å². The quantitative estimate of drug-likeness (QED) is 0.272. The number of nitrogens with zero attached hydrogens (tertiary/aromatic N) is 3. The van der Waals surface area contributed by atoms with Crippen LogP contribution in [0.2, 0.25) is 5.15 Å². The van der Waals surface area contributed by atoms with E-state index in [1.807, 2.05) is 36.4 Å². The molecule has 0 unspecified atom stereocenters. The van der Waals surface area contributed by atoms with Gasteiger partial charge in [-0.25, -0.2) is 9.97 Å². The summed E-state index contributed by atoms with van der Waals surface area (Å²) in [6, 6.07) is 11.2. The molecule has 0 radical (unpaired) electrons. The number of hydrogen-bond donors (Lipinski definition) is 0. The first-order chi connectivity index (χ1) is 12.2. The largest absolute Gasteiger partial charge is 0.385 e. The Labute approximate surface area is 155 Å². The maximum atomic E-state index is 12.9. The molecule has 0 fully saturated rings. The zero-order chi connectivity index (χ0) is 17.6. The van der Waals surface area contributed by atoms with E-state index in [2.05, 4.69) is 9.97 Å². The molecular weight excluding hydrogens is 358 g/mol. The van der Waals surface area contributed by atoms with Gasteiger partial charge in [0.15, 0.2) is 5.16 Å². The van der Waals surface area contributed by atoms with Gasteiger partial charge >= 0.3 is 0 Å². The minimum absolute atomic E-state index is 0.0264. The molecule has 0 atom stereocenters. The Bertz CT molecular complexity index is 930. The van der Waals surface area contributed by atoms with Crippen LogP contribution in [-0.2, 0) is 17.0 Å². The summed E-state index contributed by atoms with van der Waals surface area (Å²) in [7, 11) is 1.65. The van der Waals surface area contributed by atoms with Crippen molar-refractivity contribution in [2.75, 3.05) is 13.7 Å². The SMILES string of the molecule is COCCCn1c(SCc2cccnc2Cl)nc2ccccc2c1=O. The Morgan fingerprint density at radius 1 is 1.24 bits per heavy atom. The molecule has 2 heterocycles. The highest BCUT2D eigenvalue weighted by atomic mass is 35.5. The van der Waals surface area contributed by atoms with E-state index in [1.54, 1.807) is 17.9 Å². The van der Waals surface area contributed by atoms with Gasteiger partial charge in [-0.15, -0.1) is 0 Å². The highest BCUT2D eigenvalue weighted by Gasteiger charge is 2.12. The number of para-hydroxylation sites is 1. The molecule has 130 valence electrons. The molecule has 0 saturated carbocycles. The molecule has 25 heavy (non-hydrogen) atoms. The van der Waals surface area contributed by atoms with Crippen LogP contribution in [0.5, 0.6) is 0 Å².